The van der Waals surface area contributed by atoms with Gasteiger partial charge in [-0.15, -0.1) is 0 Å². The van der Waals surface area contributed by atoms with E-state index in [4.69, 9.17) is 4.74 Å². The SMILES string of the molecule is O=C(CCCOc1ccccc1F)NC1CCCCC1. The number of ether oxygens (including phenoxy) is 1. The number of amides is 1. The Labute approximate surface area is 119 Å². The molecule has 3 nitrogen and oxygen atoms in total. The van der Waals surface area contributed by atoms with Gasteiger partial charge in [0.1, 0.15) is 0 Å². The third-order valence-corrected chi connectivity index (χ3v) is 3.61. The Morgan fingerprint density at radius 2 is 2.00 bits per heavy atom. The highest BCUT2D eigenvalue weighted by atomic mass is 19.1. The standard InChI is InChI=1S/C16H22FNO2/c17-14-9-4-5-10-15(14)20-12-6-11-16(19)18-13-7-2-1-3-8-13/h4-5,9-10,13H,1-3,6-8,11-12H2,(H,18,19). The van der Waals surface area contributed by atoms with Crippen LogP contribution in [0, 0.1) is 5.82 Å². The van der Waals surface area contributed by atoms with Crippen LogP contribution in [0.3, 0.4) is 0 Å². The first kappa shape index (κ1) is 14.8. The first-order chi connectivity index (χ1) is 9.75. The lowest BCUT2D eigenvalue weighted by molar-refractivity contribution is -0.122. The first-order valence-electron chi connectivity index (χ1n) is 7.42. The lowest BCUT2D eigenvalue weighted by atomic mass is 9.95. The molecule has 0 saturated heterocycles. The zero-order valence-electron chi connectivity index (χ0n) is 11.7. The van der Waals surface area contributed by atoms with E-state index in [9.17, 15) is 9.18 Å². The van der Waals surface area contributed by atoms with Crippen LogP contribution in [0.4, 0.5) is 4.39 Å². The third-order valence-electron chi connectivity index (χ3n) is 3.61. The molecule has 0 aliphatic heterocycles. The number of hydrogen-bond acceptors (Lipinski definition) is 2. The second-order valence-electron chi connectivity index (χ2n) is 5.28. The minimum atomic E-state index is -0.362. The van der Waals surface area contributed by atoms with E-state index in [-0.39, 0.29) is 17.5 Å². The van der Waals surface area contributed by atoms with Gasteiger partial charge >= 0.3 is 0 Å². The number of carbonyl (C=O) groups is 1. The molecule has 4 heteroatoms. The zero-order valence-corrected chi connectivity index (χ0v) is 11.7. The highest BCUT2D eigenvalue weighted by molar-refractivity contribution is 5.76. The van der Waals surface area contributed by atoms with Crippen LogP contribution in [-0.4, -0.2) is 18.6 Å². The average Bonchev–Trinajstić information content (AvgIpc) is 2.46. The van der Waals surface area contributed by atoms with Gasteiger partial charge in [0.2, 0.25) is 5.91 Å². The van der Waals surface area contributed by atoms with Crippen LogP contribution in [0.5, 0.6) is 5.75 Å². The summed E-state index contributed by atoms with van der Waals surface area (Å²) in [5, 5.41) is 3.06. The Morgan fingerprint density at radius 1 is 1.25 bits per heavy atom. The van der Waals surface area contributed by atoms with Gasteiger partial charge in [0.05, 0.1) is 6.61 Å². The zero-order chi connectivity index (χ0) is 14.2. The minimum absolute atomic E-state index is 0.0778. The van der Waals surface area contributed by atoms with Gasteiger partial charge in [0.25, 0.3) is 0 Å². The van der Waals surface area contributed by atoms with E-state index in [1.807, 2.05) is 0 Å². The summed E-state index contributed by atoms with van der Waals surface area (Å²) in [5.41, 5.74) is 0. The fourth-order valence-corrected chi connectivity index (χ4v) is 2.52. The van der Waals surface area contributed by atoms with Crippen LogP contribution in [0.25, 0.3) is 0 Å². The smallest absolute Gasteiger partial charge is 0.220 e. The molecule has 0 aromatic heterocycles. The van der Waals surface area contributed by atoms with E-state index < -0.39 is 0 Å². The first-order valence-corrected chi connectivity index (χ1v) is 7.42. The van der Waals surface area contributed by atoms with Crippen LogP contribution in [0.15, 0.2) is 24.3 Å². The maximum atomic E-state index is 13.3. The van der Waals surface area contributed by atoms with E-state index in [2.05, 4.69) is 5.32 Å². The number of hydrogen-bond donors (Lipinski definition) is 1. The third kappa shape index (κ3) is 4.83. The van der Waals surface area contributed by atoms with Crippen molar-refractivity contribution in [1.29, 1.82) is 0 Å². The molecule has 0 heterocycles. The molecule has 0 radical (unpaired) electrons. The molecule has 1 aliphatic carbocycles. The number of para-hydroxylation sites is 1. The molecular formula is C16H22FNO2. The fraction of sp³-hybridized carbons (Fsp3) is 0.562. The Kier molecular flexibility index (Phi) is 5.84. The normalized spacial score (nSPS) is 15.8. The molecule has 1 aliphatic rings. The van der Waals surface area contributed by atoms with Gasteiger partial charge < -0.3 is 10.1 Å². The van der Waals surface area contributed by atoms with E-state index >= 15 is 0 Å². The molecule has 20 heavy (non-hydrogen) atoms. The summed E-state index contributed by atoms with van der Waals surface area (Å²) in [7, 11) is 0. The molecular weight excluding hydrogens is 257 g/mol. The number of carbonyl (C=O) groups excluding carboxylic acids is 1. The summed E-state index contributed by atoms with van der Waals surface area (Å²) in [6.07, 6.45) is 6.93. The summed E-state index contributed by atoms with van der Waals surface area (Å²) in [6, 6.07) is 6.67. The van der Waals surface area contributed by atoms with Crippen molar-refractivity contribution in [3.05, 3.63) is 30.1 Å². The molecule has 0 unspecified atom stereocenters. The Hall–Kier alpha value is -1.58. The monoisotopic (exact) mass is 279 g/mol. The minimum Gasteiger partial charge on any atom is -0.491 e. The molecule has 0 spiro atoms. The second-order valence-corrected chi connectivity index (χ2v) is 5.28. The van der Waals surface area contributed by atoms with Gasteiger partial charge in [-0.05, 0) is 31.4 Å². The number of halogens is 1. The van der Waals surface area contributed by atoms with Crippen molar-refractivity contribution in [3.63, 3.8) is 0 Å². The Morgan fingerprint density at radius 3 is 2.75 bits per heavy atom. The van der Waals surface area contributed by atoms with Gasteiger partial charge in [-0.2, -0.15) is 0 Å². The van der Waals surface area contributed by atoms with Crippen molar-refractivity contribution in [3.8, 4) is 5.75 Å². The molecule has 0 bridgehead atoms. The lowest BCUT2D eigenvalue weighted by Crippen LogP contribution is -2.36. The lowest BCUT2D eigenvalue weighted by Gasteiger charge is -2.22. The van der Waals surface area contributed by atoms with Crippen LogP contribution in [-0.2, 0) is 4.79 Å². The predicted octanol–water partition coefficient (Wildman–Crippen LogP) is 3.43. The van der Waals surface area contributed by atoms with Crippen LogP contribution >= 0.6 is 0 Å². The highest BCUT2D eigenvalue weighted by Gasteiger charge is 2.15. The molecule has 110 valence electrons. The second kappa shape index (κ2) is 7.88. The summed E-state index contributed by atoms with van der Waals surface area (Å²) in [4.78, 5) is 11.7. The summed E-state index contributed by atoms with van der Waals surface area (Å²) >= 11 is 0. The topological polar surface area (TPSA) is 38.3 Å². The van der Waals surface area contributed by atoms with Crippen molar-refractivity contribution in [2.75, 3.05) is 6.61 Å². The van der Waals surface area contributed by atoms with E-state index in [1.165, 1.54) is 25.3 Å². The van der Waals surface area contributed by atoms with Crippen LogP contribution in [0.2, 0.25) is 0 Å². The van der Waals surface area contributed by atoms with E-state index in [0.717, 1.165) is 12.8 Å². The van der Waals surface area contributed by atoms with Crippen molar-refractivity contribution in [2.45, 2.75) is 51.0 Å². The van der Waals surface area contributed by atoms with Crippen molar-refractivity contribution >= 4 is 5.91 Å². The number of benzene rings is 1. The molecule has 1 saturated carbocycles. The van der Waals surface area contributed by atoms with Gasteiger partial charge in [-0.3, -0.25) is 4.79 Å². The Bertz CT molecular complexity index is 430. The molecule has 1 aromatic carbocycles. The van der Waals surface area contributed by atoms with Crippen molar-refractivity contribution in [2.24, 2.45) is 0 Å². The molecule has 1 fully saturated rings. The molecule has 1 aromatic rings. The van der Waals surface area contributed by atoms with Gasteiger partial charge in [0, 0.05) is 12.5 Å². The van der Waals surface area contributed by atoms with Gasteiger partial charge in [-0.1, -0.05) is 31.4 Å². The Balaban J connectivity index is 1.60. The van der Waals surface area contributed by atoms with E-state index in [0.29, 0.717) is 25.5 Å². The molecule has 2 rings (SSSR count). The van der Waals surface area contributed by atoms with Crippen molar-refractivity contribution in [1.82, 2.24) is 5.32 Å². The maximum absolute atomic E-state index is 13.3. The molecule has 1 amide bonds. The largest absolute Gasteiger partial charge is 0.491 e. The van der Waals surface area contributed by atoms with Gasteiger partial charge in [0.15, 0.2) is 11.6 Å². The highest BCUT2D eigenvalue weighted by Crippen LogP contribution is 2.18. The van der Waals surface area contributed by atoms with Crippen LogP contribution < -0.4 is 10.1 Å². The summed E-state index contributed by atoms with van der Waals surface area (Å²) in [6.45, 7) is 0.360. The summed E-state index contributed by atoms with van der Waals surface area (Å²) in [5.74, 6) is -0.0339. The molecule has 1 N–H and O–H groups in total. The van der Waals surface area contributed by atoms with Crippen molar-refractivity contribution < 1.29 is 13.9 Å². The van der Waals surface area contributed by atoms with Gasteiger partial charge in [-0.25, -0.2) is 4.39 Å². The fourth-order valence-electron chi connectivity index (χ4n) is 2.52. The quantitative estimate of drug-likeness (QED) is 0.810. The molecule has 0 atom stereocenters. The number of nitrogens with one attached hydrogen (secondary N) is 1. The van der Waals surface area contributed by atoms with E-state index in [1.54, 1.807) is 18.2 Å². The summed E-state index contributed by atoms with van der Waals surface area (Å²) < 4.78 is 18.6. The number of rotatable bonds is 6. The van der Waals surface area contributed by atoms with Crippen LogP contribution in [0.1, 0.15) is 44.9 Å². The predicted molar refractivity (Wildman–Crippen MR) is 76.1 cm³/mol. The maximum Gasteiger partial charge on any atom is 0.220 e. The average molecular weight is 279 g/mol.